The Morgan fingerprint density at radius 1 is 1.26 bits per heavy atom. The van der Waals surface area contributed by atoms with Crippen molar-refractivity contribution in [1.82, 2.24) is 15.4 Å². The molecule has 1 aliphatic heterocycles. The summed E-state index contributed by atoms with van der Waals surface area (Å²) in [6.07, 6.45) is 5.23. The van der Waals surface area contributed by atoms with Crippen LogP contribution in [0.1, 0.15) is 46.0 Å². The standard InChI is InChI=1S/C15H32N4O3S/c1-3-5-9-17-15(16-4-2)18-10-12-23(20,21)19-13-14-8-6-7-11-22-14/h14,19H,3-13H2,1-2H3,(H2,16,17,18). The Morgan fingerprint density at radius 3 is 2.74 bits per heavy atom. The van der Waals surface area contributed by atoms with Gasteiger partial charge in [0.05, 0.1) is 11.9 Å². The van der Waals surface area contributed by atoms with Gasteiger partial charge in [0.1, 0.15) is 0 Å². The summed E-state index contributed by atoms with van der Waals surface area (Å²) in [7, 11) is -3.29. The number of unbranched alkanes of at least 4 members (excludes halogenated alkanes) is 1. The lowest BCUT2D eigenvalue weighted by Gasteiger charge is -2.22. The lowest BCUT2D eigenvalue weighted by atomic mass is 10.1. The van der Waals surface area contributed by atoms with Crippen LogP contribution in [0.4, 0.5) is 0 Å². The molecule has 3 N–H and O–H groups in total. The van der Waals surface area contributed by atoms with Crippen LogP contribution in [0.3, 0.4) is 0 Å². The van der Waals surface area contributed by atoms with E-state index in [1.54, 1.807) is 0 Å². The number of hydrogen-bond donors (Lipinski definition) is 3. The summed E-state index contributed by atoms with van der Waals surface area (Å²) in [5.74, 6) is 0.699. The number of nitrogens with one attached hydrogen (secondary N) is 3. The maximum absolute atomic E-state index is 12.0. The molecule has 1 atom stereocenters. The molecule has 23 heavy (non-hydrogen) atoms. The monoisotopic (exact) mass is 348 g/mol. The van der Waals surface area contributed by atoms with E-state index in [0.29, 0.717) is 19.0 Å². The van der Waals surface area contributed by atoms with E-state index in [1.807, 2.05) is 6.92 Å². The van der Waals surface area contributed by atoms with Gasteiger partial charge >= 0.3 is 0 Å². The average Bonchev–Trinajstić information content (AvgIpc) is 2.54. The molecule has 0 saturated carbocycles. The van der Waals surface area contributed by atoms with Crippen molar-refractivity contribution in [2.45, 2.75) is 52.1 Å². The Kier molecular flexibility index (Phi) is 10.2. The molecule has 1 aliphatic rings. The Bertz CT molecular complexity index is 434. The Morgan fingerprint density at radius 2 is 2.09 bits per heavy atom. The molecule has 0 aromatic heterocycles. The van der Waals surface area contributed by atoms with Gasteiger partial charge in [-0.3, -0.25) is 4.99 Å². The quantitative estimate of drug-likeness (QED) is 0.309. The first-order valence-electron chi connectivity index (χ1n) is 8.68. The van der Waals surface area contributed by atoms with Gasteiger partial charge in [-0.05, 0) is 32.6 Å². The minimum atomic E-state index is -3.29. The maximum atomic E-state index is 12.0. The fourth-order valence-corrected chi connectivity index (χ4v) is 3.21. The van der Waals surface area contributed by atoms with Gasteiger partial charge in [0.15, 0.2) is 5.96 Å². The molecule has 1 rings (SSSR count). The van der Waals surface area contributed by atoms with Crippen LogP contribution in [0.25, 0.3) is 0 Å². The predicted octanol–water partition coefficient (Wildman–Crippen LogP) is 0.830. The van der Waals surface area contributed by atoms with Gasteiger partial charge in [-0.15, -0.1) is 0 Å². The van der Waals surface area contributed by atoms with Crippen molar-refractivity contribution in [3.63, 3.8) is 0 Å². The number of rotatable bonds is 10. The number of ether oxygens (including phenoxy) is 1. The molecule has 1 fully saturated rings. The molecular formula is C15H32N4O3S. The van der Waals surface area contributed by atoms with Crippen molar-refractivity contribution >= 4 is 16.0 Å². The highest BCUT2D eigenvalue weighted by atomic mass is 32.2. The first-order valence-corrected chi connectivity index (χ1v) is 10.3. The molecule has 136 valence electrons. The predicted molar refractivity (Wildman–Crippen MR) is 94.3 cm³/mol. The van der Waals surface area contributed by atoms with Gasteiger partial charge in [0.2, 0.25) is 10.0 Å². The van der Waals surface area contributed by atoms with Crippen LogP contribution in [-0.2, 0) is 14.8 Å². The third kappa shape index (κ3) is 9.78. The van der Waals surface area contributed by atoms with E-state index >= 15 is 0 Å². The van der Waals surface area contributed by atoms with E-state index in [4.69, 9.17) is 4.74 Å². The highest BCUT2D eigenvalue weighted by Crippen LogP contribution is 2.11. The Balaban J connectivity index is 2.28. The summed E-state index contributed by atoms with van der Waals surface area (Å²) in [6.45, 7) is 7.03. The molecule has 1 saturated heterocycles. The van der Waals surface area contributed by atoms with Crippen LogP contribution in [0, 0.1) is 0 Å². The van der Waals surface area contributed by atoms with Crippen LogP contribution in [0.2, 0.25) is 0 Å². The summed E-state index contributed by atoms with van der Waals surface area (Å²) in [4.78, 5) is 4.40. The molecule has 0 aromatic carbocycles. The van der Waals surface area contributed by atoms with Crippen LogP contribution in [0.5, 0.6) is 0 Å². The molecule has 7 nitrogen and oxygen atoms in total. The first-order chi connectivity index (χ1) is 11.1. The van der Waals surface area contributed by atoms with Crippen molar-refractivity contribution in [2.75, 3.05) is 38.5 Å². The summed E-state index contributed by atoms with van der Waals surface area (Å²) in [5, 5.41) is 6.18. The molecule has 1 unspecified atom stereocenters. The zero-order chi connectivity index (χ0) is 17.0. The molecule has 0 spiro atoms. The van der Waals surface area contributed by atoms with Crippen molar-refractivity contribution in [2.24, 2.45) is 4.99 Å². The van der Waals surface area contributed by atoms with E-state index in [2.05, 4.69) is 27.3 Å². The lowest BCUT2D eigenvalue weighted by molar-refractivity contribution is 0.0200. The third-order valence-electron chi connectivity index (χ3n) is 3.59. The maximum Gasteiger partial charge on any atom is 0.213 e. The summed E-state index contributed by atoms with van der Waals surface area (Å²) >= 11 is 0. The number of aliphatic imine (C=N–C) groups is 1. The number of nitrogens with zero attached hydrogens (tertiary/aromatic N) is 1. The SMILES string of the molecule is CCCCN=C(NCC)NCCS(=O)(=O)NCC1CCCCO1. The summed E-state index contributed by atoms with van der Waals surface area (Å²) < 4.78 is 32.2. The molecular weight excluding hydrogens is 316 g/mol. The largest absolute Gasteiger partial charge is 0.377 e. The smallest absolute Gasteiger partial charge is 0.213 e. The van der Waals surface area contributed by atoms with Crippen LogP contribution in [-0.4, -0.2) is 59.0 Å². The first kappa shape index (κ1) is 20.2. The molecule has 0 radical (unpaired) electrons. The van der Waals surface area contributed by atoms with Crippen molar-refractivity contribution in [1.29, 1.82) is 0 Å². The van der Waals surface area contributed by atoms with Crippen LogP contribution >= 0.6 is 0 Å². The van der Waals surface area contributed by atoms with Gasteiger partial charge in [0, 0.05) is 32.8 Å². The Hall–Kier alpha value is -0.860. The van der Waals surface area contributed by atoms with E-state index in [9.17, 15) is 8.42 Å². The normalized spacial score (nSPS) is 19.6. The minimum absolute atomic E-state index is 0.0133. The average molecular weight is 349 g/mol. The topological polar surface area (TPSA) is 91.8 Å². The fraction of sp³-hybridized carbons (Fsp3) is 0.933. The van der Waals surface area contributed by atoms with Gasteiger partial charge in [0.25, 0.3) is 0 Å². The van der Waals surface area contributed by atoms with Gasteiger partial charge in [-0.1, -0.05) is 13.3 Å². The van der Waals surface area contributed by atoms with Crippen LogP contribution < -0.4 is 15.4 Å². The second-order valence-electron chi connectivity index (χ2n) is 5.70. The fourth-order valence-electron chi connectivity index (χ4n) is 2.25. The summed E-state index contributed by atoms with van der Waals surface area (Å²) in [6, 6.07) is 0. The number of sulfonamides is 1. The molecule has 0 aliphatic carbocycles. The van der Waals surface area contributed by atoms with E-state index in [1.165, 1.54) is 0 Å². The molecule has 0 bridgehead atoms. The molecule has 0 aromatic rings. The van der Waals surface area contributed by atoms with Gasteiger partial charge < -0.3 is 15.4 Å². The zero-order valence-electron chi connectivity index (χ0n) is 14.4. The van der Waals surface area contributed by atoms with E-state index in [0.717, 1.165) is 51.8 Å². The Labute approximate surface area is 140 Å². The second-order valence-corrected chi connectivity index (χ2v) is 7.62. The van der Waals surface area contributed by atoms with Crippen LogP contribution in [0.15, 0.2) is 4.99 Å². The highest BCUT2D eigenvalue weighted by molar-refractivity contribution is 7.89. The van der Waals surface area contributed by atoms with Gasteiger partial charge in [-0.2, -0.15) is 0 Å². The minimum Gasteiger partial charge on any atom is -0.377 e. The molecule has 8 heteroatoms. The second kappa shape index (κ2) is 11.6. The van der Waals surface area contributed by atoms with Gasteiger partial charge in [-0.25, -0.2) is 13.1 Å². The molecule has 0 amide bonds. The summed E-state index contributed by atoms with van der Waals surface area (Å²) in [5.41, 5.74) is 0. The van der Waals surface area contributed by atoms with E-state index < -0.39 is 10.0 Å². The number of guanidine groups is 1. The highest BCUT2D eigenvalue weighted by Gasteiger charge is 2.17. The lowest BCUT2D eigenvalue weighted by Crippen LogP contribution is -2.42. The van der Waals surface area contributed by atoms with E-state index in [-0.39, 0.29) is 11.9 Å². The zero-order valence-corrected chi connectivity index (χ0v) is 15.3. The van der Waals surface area contributed by atoms with Crippen molar-refractivity contribution in [3.05, 3.63) is 0 Å². The molecule has 1 heterocycles. The van der Waals surface area contributed by atoms with Crippen molar-refractivity contribution < 1.29 is 13.2 Å². The van der Waals surface area contributed by atoms with Crippen molar-refractivity contribution in [3.8, 4) is 0 Å². The third-order valence-corrected chi connectivity index (χ3v) is 4.94. The number of hydrogen-bond acceptors (Lipinski definition) is 4.